The van der Waals surface area contributed by atoms with Gasteiger partial charge >= 0.3 is 0 Å². The second-order valence-electron chi connectivity index (χ2n) is 4.03. The molecule has 102 valence electrons. The highest BCUT2D eigenvalue weighted by Crippen LogP contribution is 2.24. The Morgan fingerprint density at radius 3 is 2.63 bits per heavy atom. The molecule has 0 aliphatic carbocycles. The first kappa shape index (κ1) is 14.5. The van der Waals surface area contributed by atoms with Crippen LogP contribution in [0.4, 0.5) is 5.69 Å². The van der Waals surface area contributed by atoms with E-state index < -0.39 is 10.0 Å². The number of nitrogens with one attached hydrogen (secondary N) is 1. The quantitative estimate of drug-likeness (QED) is 0.878. The minimum absolute atomic E-state index is 0.157. The van der Waals surface area contributed by atoms with Crippen molar-refractivity contribution >= 4 is 43.0 Å². The third-order valence-corrected chi connectivity index (χ3v) is 5.28. The first-order valence-corrected chi connectivity index (χ1v) is 8.54. The van der Waals surface area contributed by atoms with Crippen molar-refractivity contribution in [3.63, 3.8) is 0 Å². The van der Waals surface area contributed by atoms with E-state index in [9.17, 15) is 8.42 Å². The van der Waals surface area contributed by atoms with Crippen LogP contribution in [0, 0.1) is 6.92 Å². The molecule has 0 unspecified atom stereocenters. The number of thiophene rings is 1. The molecule has 0 aliphatic heterocycles. The topological polar surface area (TPSA) is 66.4 Å². The van der Waals surface area contributed by atoms with Gasteiger partial charge < -0.3 is 5.11 Å². The Labute approximate surface area is 124 Å². The fourth-order valence-corrected chi connectivity index (χ4v) is 4.38. The highest BCUT2D eigenvalue weighted by atomic mass is 79.9. The van der Waals surface area contributed by atoms with Crippen LogP contribution in [0.1, 0.15) is 10.4 Å². The second-order valence-corrected chi connectivity index (χ2v) is 7.62. The van der Waals surface area contributed by atoms with Gasteiger partial charge in [0.1, 0.15) is 0 Å². The van der Waals surface area contributed by atoms with Crippen LogP contribution < -0.4 is 4.72 Å². The van der Waals surface area contributed by atoms with E-state index in [1.54, 1.807) is 12.1 Å². The van der Waals surface area contributed by atoms with E-state index in [2.05, 4.69) is 20.7 Å². The molecule has 1 aromatic heterocycles. The second kappa shape index (κ2) is 5.62. The summed E-state index contributed by atoms with van der Waals surface area (Å²) < 4.78 is 27.6. The Hall–Kier alpha value is -0.890. The average molecular weight is 362 g/mol. The van der Waals surface area contributed by atoms with Gasteiger partial charge in [0.2, 0.25) is 0 Å². The van der Waals surface area contributed by atoms with E-state index in [0.29, 0.717) is 10.6 Å². The monoisotopic (exact) mass is 361 g/mol. The zero-order chi connectivity index (χ0) is 14.0. The minimum atomic E-state index is -3.61. The number of benzene rings is 1. The number of hydrogen-bond donors (Lipinski definition) is 2. The fourth-order valence-electron chi connectivity index (χ4n) is 1.59. The molecule has 4 nitrogen and oxygen atoms in total. The van der Waals surface area contributed by atoms with Crippen molar-refractivity contribution in [2.75, 3.05) is 4.72 Å². The molecule has 2 rings (SSSR count). The molecule has 0 bridgehead atoms. The summed E-state index contributed by atoms with van der Waals surface area (Å²) in [7, 11) is -3.61. The molecule has 19 heavy (non-hydrogen) atoms. The van der Waals surface area contributed by atoms with Gasteiger partial charge in [0, 0.05) is 14.7 Å². The highest BCUT2D eigenvalue weighted by Gasteiger charge is 2.16. The van der Waals surface area contributed by atoms with Crippen molar-refractivity contribution in [3.05, 3.63) is 44.6 Å². The number of aryl methyl sites for hydroxylation is 1. The van der Waals surface area contributed by atoms with Crippen LogP contribution in [0.5, 0.6) is 0 Å². The highest BCUT2D eigenvalue weighted by molar-refractivity contribution is 9.10. The Morgan fingerprint density at radius 1 is 1.32 bits per heavy atom. The van der Waals surface area contributed by atoms with Crippen molar-refractivity contribution in [3.8, 4) is 0 Å². The SMILES string of the molecule is Cc1cc(Br)cc(NS(=O)(=O)c2csc(CO)c2)c1. The summed E-state index contributed by atoms with van der Waals surface area (Å²) in [6, 6.07) is 6.82. The van der Waals surface area contributed by atoms with Gasteiger partial charge in [0.25, 0.3) is 10.0 Å². The minimum Gasteiger partial charge on any atom is -0.391 e. The summed E-state index contributed by atoms with van der Waals surface area (Å²) in [6.45, 7) is 1.73. The van der Waals surface area contributed by atoms with Gasteiger partial charge in [-0.1, -0.05) is 15.9 Å². The summed E-state index contributed by atoms with van der Waals surface area (Å²) >= 11 is 4.54. The molecular formula is C12H12BrNO3S2. The van der Waals surface area contributed by atoms with Gasteiger partial charge in [0.05, 0.1) is 17.2 Å². The Bertz CT molecular complexity index is 675. The number of hydrogen-bond acceptors (Lipinski definition) is 4. The van der Waals surface area contributed by atoms with Gasteiger partial charge in [-0.2, -0.15) is 0 Å². The van der Waals surface area contributed by atoms with Crippen molar-refractivity contribution in [2.24, 2.45) is 0 Å². The van der Waals surface area contributed by atoms with Crippen molar-refractivity contribution in [2.45, 2.75) is 18.4 Å². The van der Waals surface area contributed by atoms with E-state index >= 15 is 0 Å². The number of sulfonamides is 1. The van der Waals surface area contributed by atoms with Gasteiger partial charge in [-0.3, -0.25) is 4.72 Å². The van der Waals surface area contributed by atoms with Crippen molar-refractivity contribution in [1.82, 2.24) is 0 Å². The van der Waals surface area contributed by atoms with Gasteiger partial charge in [-0.15, -0.1) is 11.3 Å². The molecule has 0 aliphatic rings. The lowest BCUT2D eigenvalue weighted by molar-refractivity contribution is 0.285. The maximum absolute atomic E-state index is 12.2. The Kier molecular flexibility index (Phi) is 4.29. The number of halogens is 1. The molecule has 0 spiro atoms. The van der Waals surface area contributed by atoms with Crippen LogP contribution in [-0.2, 0) is 16.6 Å². The standard InChI is InChI=1S/C12H12BrNO3S2/c1-8-2-9(13)4-10(3-8)14-19(16,17)12-5-11(6-15)18-7-12/h2-5,7,14-15H,6H2,1H3. The zero-order valence-electron chi connectivity index (χ0n) is 10.1. The number of aliphatic hydroxyl groups excluding tert-OH is 1. The van der Waals surface area contributed by atoms with Crippen LogP contribution in [0.15, 0.2) is 39.0 Å². The van der Waals surface area contributed by atoms with Crippen LogP contribution in [-0.4, -0.2) is 13.5 Å². The summed E-state index contributed by atoms with van der Waals surface area (Å²) in [5, 5.41) is 10.5. The van der Waals surface area contributed by atoms with E-state index in [0.717, 1.165) is 10.0 Å². The summed E-state index contributed by atoms with van der Waals surface area (Å²) in [4.78, 5) is 0.782. The Morgan fingerprint density at radius 2 is 2.05 bits per heavy atom. The molecular weight excluding hydrogens is 350 g/mol. The molecule has 1 heterocycles. The summed E-state index contributed by atoms with van der Waals surface area (Å²) in [5.74, 6) is 0. The molecule has 0 saturated heterocycles. The third kappa shape index (κ3) is 3.56. The molecule has 0 fully saturated rings. The summed E-state index contributed by atoms with van der Waals surface area (Å²) in [6.07, 6.45) is 0. The number of anilines is 1. The molecule has 7 heteroatoms. The number of aliphatic hydroxyl groups is 1. The largest absolute Gasteiger partial charge is 0.391 e. The van der Waals surface area contributed by atoms with Crippen LogP contribution in [0.3, 0.4) is 0 Å². The molecule has 2 N–H and O–H groups in total. The van der Waals surface area contributed by atoms with Crippen LogP contribution >= 0.6 is 27.3 Å². The molecule has 0 saturated carbocycles. The van der Waals surface area contributed by atoms with Crippen molar-refractivity contribution in [1.29, 1.82) is 0 Å². The fraction of sp³-hybridized carbons (Fsp3) is 0.167. The lowest BCUT2D eigenvalue weighted by Gasteiger charge is -2.08. The van der Waals surface area contributed by atoms with Crippen molar-refractivity contribution < 1.29 is 13.5 Å². The summed E-state index contributed by atoms with van der Waals surface area (Å²) in [5.41, 5.74) is 1.46. The van der Waals surface area contributed by atoms with Gasteiger partial charge in [-0.25, -0.2) is 8.42 Å². The van der Waals surface area contributed by atoms with Crippen LogP contribution in [0.25, 0.3) is 0 Å². The lowest BCUT2D eigenvalue weighted by Crippen LogP contribution is -2.12. The molecule has 0 atom stereocenters. The average Bonchev–Trinajstić information content (AvgIpc) is 2.75. The maximum Gasteiger partial charge on any atom is 0.262 e. The predicted octanol–water partition coefficient (Wildman–Crippen LogP) is 3.11. The van der Waals surface area contributed by atoms with E-state index in [4.69, 9.17) is 5.11 Å². The lowest BCUT2D eigenvalue weighted by atomic mass is 10.2. The zero-order valence-corrected chi connectivity index (χ0v) is 13.3. The molecule has 2 aromatic rings. The van der Waals surface area contributed by atoms with E-state index in [1.807, 2.05) is 13.0 Å². The Balaban J connectivity index is 2.30. The van der Waals surface area contributed by atoms with Gasteiger partial charge in [-0.05, 0) is 36.8 Å². The normalized spacial score (nSPS) is 11.5. The third-order valence-electron chi connectivity index (χ3n) is 2.39. The smallest absolute Gasteiger partial charge is 0.262 e. The van der Waals surface area contributed by atoms with Gasteiger partial charge in [0.15, 0.2) is 0 Å². The predicted molar refractivity (Wildman–Crippen MR) is 79.9 cm³/mol. The van der Waals surface area contributed by atoms with E-state index in [1.165, 1.54) is 22.8 Å². The maximum atomic E-state index is 12.2. The first-order valence-electron chi connectivity index (χ1n) is 5.39. The number of rotatable bonds is 4. The first-order chi connectivity index (χ1) is 8.90. The van der Waals surface area contributed by atoms with Crippen LogP contribution in [0.2, 0.25) is 0 Å². The molecule has 1 aromatic carbocycles. The molecule has 0 radical (unpaired) electrons. The molecule has 0 amide bonds. The van der Waals surface area contributed by atoms with E-state index in [-0.39, 0.29) is 11.5 Å².